The maximum Gasteiger partial charge on any atom is 0.312 e. The van der Waals surface area contributed by atoms with Gasteiger partial charge in [0, 0.05) is 11.3 Å². The molecule has 1 saturated heterocycles. The number of carbonyl (C=O) groups is 1. The zero-order valence-corrected chi connectivity index (χ0v) is 14.6. The highest BCUT2D eigenvalue weighted by Gasteiger charge is 2.62. The first-order valence-electron chi connectivity index (χ1n) is 9.38. The summed E-state index contributed by atoms with van der Waals surface area (Å²) in [4.78, 5) is 12.4. The van der Waals surface area contributed by atoms with Gasteiger partial charge in [-0.05, 0) is 77.6 Å². The number of ether oxygens (including phenoxy) is 1. The van der Waals surface area contributed by atoms with Crippen molar-refractivity contribution in [1.29, 1.82) is 0 Å². The van der Waals surface area contributed by atoms with E-state index in [2.05, 4.69) is 20.4 Å². The Hall–Kier alpha value is -0.830. The van der Waals surface area contributed by atoms with E-state index in [1.54, 1.807) is 0 Å². The normalized spacial score (nSPS) is 51.9. The molecule has 23 heavy (non-hydrogen) atoms. The van der Waals surface area contributed by atoms with Gasteiger partial charge in [0.1, 0.15) is 5.60 Å². The second-order valence-electron chi connectivity index (χ2n) is 9.26. The van der Waals surface area contributed by atoms with Crippen LogP contribution in [-0.2, 0) is 9.53 Å². The Morgan fingerprint density at radius 1 is 1.30 bits per heavy atom. The van der Waals surface area contributed by atoms with E-state index in [4.69, 9.17) is 4.74 Å². The maximum atomic E-state index is 12.4. The molecule has 4 bridgehead atoms. The molecule has 1 heterocycles. The molecule has 0 aromatic heterocycles. The van der Waals surface area contributed by atoms with Gasteiger partial charge in [0.15, 0.2) is 0 Å². The van der Waals surface area contributed by atoms with Crippen molar-refractivity contribution in [2.45, 2.75) is 83.3 Å². The molecule has 0 aromatic rings. The second-order valence-corrected chi connectivity index (χ2v) is 9.26. The van der Waals surface area contributed by atoms with Crippen molar-refractivity contribution in [3.63, 3.8) is 0 Å². The molecular weight excluding hydrogens is 288 g/mol. The van der Waals surface area contributed by atoms with Crippen LogP contribution in [0.25, 0.3) is 0 Å². The van der Waals surface area contributed by atoms with E-state index in [1.165, 1.54) is 5.57 Å². The van der Waals surface area contributed by atoms with Gasteiger partial charge in [-0.15, -0.1) is 0 Å². The SMILES string of the molecule is C=C1C[C@]2(CC[C@H]3[C@@]4(C)CCC[C@]3(C)OC4=O)C[C@H]1CC[C@H]2O. The molecule has 3 nitrogen and oxygen atoms in total. The van der Waals surface area contributed by atoms with E-state index < -0.39 is 0 Å². The van der Waals surface area contributed by atoms with Crippen molar-refractivity contribution in [1.82, 2.24) is 0 Å². The van der Waals surface area contributed by atoms with Gasteiger partial charge >= 0.3 is 5.97 Å². The fraction of sp³-hybridized carbons (Fsp3) is 0.850. The third-order valence-electron chi connectivity index (χ3n) is 7.90. The highest BCUT2D eigenvalue weighted by atomic mass is 16.6. The zero-order valence-electron chi connectivity index (χ0n) is 14.6. The number of aliphatic hydroxyl groups is 1. The molecule has 6 atom stereocenters. The molecule has 0 spiro atoms. The van der Waals surface area contributed by atoms with Gasteiger partial charge < -0.3 is 9.84 Å². The van der Waals surface area contributed by atoms with Crippen molar-refractivity contribution < 1.29 is 14.6 Å². The zero-order chi connectivity index (χ0) is 16.5. The number of allylic oxidation sites excluding steroid dienone is 1. The third kappa shape index (κ3) is 2.08. The molecule has 0 amide bonds. The summed E-state index contributed by atoms with van der Waals surface area (Å²) in [5.74, 6) is 0.926. The lowest BCUT2D eigenvalue weighted by Gasteiger charge is -2.43. The van der Waals surface area contributed by atoms with Crippen LogP contribution in [0, 0.1) is 22.7 Å². The minimum Gasteiger partial charge on any atom is -0.459 e. The second kappa shape index (κ2) is 4.84. The first-order chi connectivity index (χ1) is 10.8. The Morgan fingerprint density at radius 2 is 2.09 bits per heavy atom. The van der Waals surface area contributed by atoms with Gasteiger partial charge in [-0.25, -0.2) is 0 Å². The Morgan fingerprint density at radius 3 is 2.83 bits per heavy atom. The Bertz CT molecular complexity index is 555. The predicted molar refractivity (Wildman–Crippen MR) is 88.7 cm³/mol. The fourth-order valence-electron chi connectivity index (χ4n) is 6.47. The van der Waals surface area contributed by atoms with Crippen LogP contribution in [-0.4, -0.2) is 22.8 Å². The van der Waals surface area contributed by atoms with E-state index >= 15 is 0 Å². The number of aliphatic hydroxyl groups excluding tert-OH is 1. The standard InChI is InChI=1S/C20H30O3/c1-13-11-20(12-14(13)5-6-16(20)21)10-7-15-18(2)8-4-9-19(15,3)23-17(18)22/h14-16,21H,1,4-12H2,2-3H3/t14-,15+,16-,18-,19+,20-/m1/s1. The number of rotatable bonds is 3. The summed E-state index contributed by atoms with van der Waals surface area (Å²) in [5, 5.41) is 10.7. The first-order valence-corrected chi connectivity index (χ1v) is 9.38. The minimum atomic E-state index is -0.307. The van der Waals surface area contributed by atoms with Crippen LogP contribution in [0.1, 0.15) is 71.6 Å². The monoisotopic (exact) mass is 318 g/mol. The summed E-state index contributed by atoms with van der Waals surface area (Å²) >= 11 is 0. The largest absolute Gasteiger partial charge is 0.459 e. The molecule has 3 aliphatic carbocycles. The molecule has 0 radical (unpaired) electrons. The van der Waals surface area contributed by atoms with Crippen molar-refractivity contribution in [3.05, 3.63) is 12.2 Å². The van der Waals surface area contributed by atoms with Crippen LogP contribution >= 0.6 is 0 Å². The van der Waals surface area contributed by atoms with E-state index in [1.807, 2.05) is 0 Å². The quantitative estimate of drug-likeness (QED) is 0.632. The lowest BCUT2D eigenvalue weighted by atomic mass is 9.59. The summed E-state index contributed by atoms with van der Waals surface area (Å²) in [6.45, 7) is 8.50. The molecule has 4 fully saturated rings. The molecule has 128 valence electrons. The van der Waals surface area contributed by atoms with Crippen LogP contribution < -0.4 is 0 Å². The molecule has 1 aliphatic heterocycles. The average molecular weight is 318 g/mol. The van der Waals surface area contributed by atoms with Gasteiger partial charge in [-0.3, -0.25) is 4.79 Å². The highest BCUT2D eigenvalue weighted by Crippen LogP contribution is 2.60. The summed E-state index contributed by atoms with van der Waals surface area (Å²) < 4.78 is 5.83. The van der Waals surface area contributed by atoms with Crippen LogP contribution in [0.15, 0.2) is 12.2 Å². The average Bonchev–Trinajstić information content (AvgIpc) is 2.80. The van der Waals surface area contributed by atoms with E-state index in [-0.39, 0.29) is 28.5 Å². The summed E-state index contributed by atoms with van der Waals surface area (Å²) in [6, 6.07) is 0. The molecular formula is C20H30O3. The van der Waals surface area contributed by atoms with Crippen LogP contribution in [0.3, 0.4) is 0 Å². The maximum absolute atomic E-state index is 12.4. The van der Waals surface area contributed by atoms with Crippen molar-refractivity contribution in [3.8, 4) is 0 Å². The molecule has 4 rings (SSSR count). The smallest absolute Gasteiger partial charge is 0.312 e. The van der Waals surface area contributed by atoms with Gasteiger partial charge in [-0.2, -0.15) is 0 Å². The summed E-state index contributed by atoms with van der Waals surface area (Å²) in [6.07, 6.45) is 8.93. The van der Waals surface area contributed by atoms with Crippen LogP contribution in [0.5, 0.6) is 0 Å². The van der Waals surface area contributed by atoms with Gasteiger partial charge in [0.25, 0.3) is 0 Å². The van der Waals surface area contributed by atoms with Gasteiger partial charge in [0.05, 0.1) is 11.5 Å². The Balaban J connectivity index is 1.55. The number of fused-ring (bicyclic) bond motifs is 4. The Labute approximate surface area is 139 Å². The van der Waals surface area contributed by atoms with Crippen molar-refractivity contribution >= 4 is 5.97 Å². The van der Waals surface area contributed by atoms with Crippen molar-refractivity contribution in [2.75, 3.05) is 0 Å². The van der Waals surface area contributed by atoms with E-state index in [0.717, 1.165) is 57.8 Å². The van der Waals surface area contributed by atoms with E-state index in [9.17, 15) is 9.90 Å². The summed E-state index contributed by atoms with van der Waals surface area (Å²) in [7, 11) is 0. The van der Waals surface area contributed by atoms with Gasteiger partial charge in [0.2, 0.25) is 0 Å². The van der Waals surface area contributed by atoms with E-state index in [0.29, 0.717) is 11.8 Å². The van der Waals surface area contributed by atoms with Crippen LogP contribution in [0.2, 0.25) is 0 Å². The Kier molecular flexibility index (Phi) is 3.30. The third-order valence-corrected chi connectivity index (χ3v) is 7.90. The topological polar surface area (TPSA) is 46.5 Å². The van der Waals surface area contributed by atoms with Gasteiger partial charge in [-0.1, -0.05) is 12.2 Å². The lowest BCUT2D eigenvalue weighted by molar-refractivity contribution is -0.151. The minimum absolute atomic E-state index is 0.0119. The first kappa shape index (κ1) is 15.7. The molecule has 3 saturated carbocycles. The number of hydrogen-bond acceptors (Lipinski definition) is 3. The lowest BCUT2D eigenvalue weighted by Crippen LogP contribution is -2.44. The molecule has 0 aromatic carbocycles. The number of hydrogen-bond donors (Lipinski definition) is 1. The number of carbonyl (C=O) groups excluding carboxylic acids is 1. The number of esters is 1. The molecule has 1 N–H and O–H groups in total. The molecule has 4 aliphatic rings. The fourth-order valence-corrected chi connectivity index (χ4v) is 6.47. The molecule has 0 unspecified atom stereocenters. The highest BCUT2D eigenvalue weighted by molar-refractivity contribution is 5.80. The molecule has 3 heteroatoms. The predicted octanol–water partition coefficient (Wildman–Crippen LogP) is 4.00. The summed E-state index contributed by atoms with van der Waals surface area (Å²) in [5.41, 5.74) is 0.776. The van der Waals surface area contributed by atoms with Crippen LogP contribution in [0.4, 0.5) is 0 Å². The van der Waals surface area contributed by atoms with Crippen molar-refractivity contribution in [2.24, 2.45) is 22.7 Å².